The largest absolute Gasteiger partial charge is 0.309 e. The van der Waals surface area contributed by atoms with Crippen molar-refractivity contribution in [1.29, 1.82) is 0 Å². The first-order valence-corrected chi connectivity index (χ1v) is 16.1. The van der Waals surface area contributed by atoms with Crippen molar-refractivity contribution < 1.29 is 0 Å². The van der Waals surface area contributed by atoms with Crippen LogP contribution in [0.2, 0.25) is 0 Å². The van der Waals surface area contributed by atoms with Gasteiger partial charge in [0.2, 0.25) is 0 Å². The molecule has 224 valence electrons. The van der Waals surface area contributed by atoms with E-state index in [-0.39, 0.29) is 0 Å². The van der Waals surface area contributed by atoms with E-state index in [0.29, 0.717) is 5.82 Å². The summed E-state index contributed by atoms with van der Waals surface area (Å²) >= 11 is 0. The maximum Gasteiger partial charge on any atom is 0.179 e. The number of pyridine rings is 1. The molecule has 0 radical (unpaired) electrons. The van der Waals surface area contributed by atoms with Crippen LogP contribution in [0.25, 0.3) is 88.7 Å². The topological polar surface area (TPSA) is 48.5 Å². The van der Waals surface area contributed by atoms with E-state index in [2.05, 4.69) is 130 Å². The molecule has 0 fully saturated rings. The molecule has 0 bridgehead atoms. The van der Waals surface area contributed by atoms with Crippen LogP contribution in [0, 0.1) is 0 Å². The average Bonchev–Trinajstić information content (AvgIpc) is 3.66. The quantitative estimate of drug-likeness (QED) is 0.198. The van der Waals surface area contributed by atoms with Crippen LogP contribution in [0.3, 0.4) is 0 Å². The molecule has 4 heterocycles. The van der Waals surface area contributed by atoms with Crippen molar-refractivity contribution in [2.24, 2.45) is 0 Å². The zero-order chi connectivity index (χ0) is 31.6. The lowest BCUT2D eigenvalue weighted by Gasteiger charge is -2.11. The van der Waals surface area contributed by atoms with Crippen molar-refractivity contribution in [3.8, 4) is 34.2 Å². The zero-order valence-corrected chi connectivity index (χ0v) is 25.8. The lowest BCUT2D eigenvalue weighted by Crippen LogP contribution is -1.99. The molecule has 0 spiro atoms. The van der Waals surface area contributed by atoms with Crippen LogP contribution >= 0.6 is 0 Å². The average molecular weight is 614 g/mol. The predicted molar refractivity (Wildman–Crippen MR) is 197 cm³/mol. The molecule has 10 aromatic rings. The van der Waals surface area contributed by atoms with Gasteiger partial charge in [0.15, 0.2) is 5.82 Å². The fourth-order valence-corrected chi connectivity index (χ4v) is 7.25. The van der Waals surface area contributed by atoms with Gasteiger partial charge in [-0.3, -0.25) is 4.98 Å². The standard InChI is InChI=1S/C43H27N5/c1-3-13-28(14-4-1)42-33-19-7-10-20-36(33)45-43(46-42)37-25-30(23-24-44-37)48-39-22-12-9-18-32(39)35-26-40-34(27-41(35)48)31-17-8-11-21-38(31)47(40)29-15-5-2-6-16-29/h1-27H. The molecule has 48 heavy (non-hydrogen) atoms. The second-order valence-electron chi connectivity index (χ2n) is 12.1. The summed E-state index contributed by atoms with van der Waals surface area (Å²) in [4.78, 5) is 14.9. The molecule has 4 aromatic heterocycles. The molecule has 0 saturated heterocycles. The van der Waals surface area contributed by atoms with Crippen LogP contribution in [0.1, 0.15) is 0 Å². The number of aromatic nitrogens is 5. The molecule has 0 aliphatic rings. The minimum atomic E-state index is 0.600. The zero-order valence-electron chi connectivity index (χ0n) is 25.8. The SMILES string of the molecule is c1ccc(-c2nc(-c3cc(-n4c5ccccc5c5cc6c(cc54)c4ccccc4n6-c4ccccc4)ccn3)nc3ccccc23)cc1. The summed E-state index contributed by atoms with van der Waals surface area (Å²) in [6.45, 7) is 0. The van der Waals surface area contributed by atoms with E-state index in [4.69, 9.17) is 15.0 Å². The normalized spacial score (nSPS) is 11.8. The highest BCUT2D eigenvalue weighted by molar-refractivity contribution is 6.19. The highest BCUT2D eigenvalue weighted by Gasteiger charge is 2.19. The molecule has 6 aromatic carbocycles. The summed E-state index contributed by atoms with van der Waals surface area (Å²) in [6.07, 6.45) is 1.87. The highest BCUT2D eigenvalue weighted by atomic mass is 15.0. The molecule has 0 unspecified atom stereocenters. The first-order valence-electron chi connectivity index (χ1n) is 16.1. The monoisotopic (exact) mass is 613 g/mol. The summed E-state index contributed by atoms with van der Waals surface area (Å²) in [5.74, 6) is 0.600. The van der Waals surface area contributed by atoms with Crippen LogP contribution in [0.5, 0.6) is 0 Å². The number of benzene rings is 6. The molecule has 0 atom stereocenters. The molecule has 5 heteroatoms. The summed E-state index contributed by atoms with van der Waals surface area (Å²) in [7, 11) is 0. The number of rotatable bonds is 4. The summed E-state index contributed by atoms with van der Waals surface area (Å²) in [5, 5.41) is 5.86. The number of fused-ring (bicyclic) bond motifs is 7. The minimum Gasteiger partial charge on any atom is -0.309 e. The Labute approximate surface area is 276 Å². The first-order chi connectivity index (χ1) is 23.8. The molecule has 10 rings (SSSR count). The number of nitrogens with zero attached hydrogens (tertiary/aromatic N) is 5. The molecule has 5 nitrogen and oxygen atoms in total. The van der Waals surface area contributed by atoms with E-state index >= 15 is 0 Å². The number of para-hydroxylation sites is 4. The maximum absolute atomic E-state index is 5.11. The second-order valence-corrected chi connectivity index (χ2v) is 12.1. The Morgan fingerprint density at radius 3 is 1.65 bits per heavy atom. The maximum atomic E-state index is 5.11. The van der Waals surface area contributed by atoms with E-state index in [1.165, 1.54) is 32.6 Å². The van der Waals surface area contributed by atoms with Gasteiger partial charge >= 0.3 is 0 Å². The Hall–Kier alpha value is -6.59. The lowest BCUT2D eigenvalue weighted by molar-refractivity contribution is 1.13. The van der Waals surface area contributed by atoms with Gasteiger partial charge in [-0.05, 0) is 54.6 Å². The second kappa shape index (κ2) is 10.5. The Morgan fingerprint density at radius 2 is 0.958 bits per heavy atom. The van der Waals surface area contributed by atoms with Crippen LogP contribution in [0.4, 0.5) is 0 Å². The van der Waals surface area contributed by atoms with Gasteiger partial charge < -0.3 is 9.13 Å². The van der Waals surface area contributed by atoms with Gasteiger partial charge in [0.1, 0.15) is 5.69 Å². The first kappa shape index (κ1) is 26.6. The molecule has 0 N–H and O–H groups in total. The Balaban J connectivity index is 1.23. The summed E-state index contributed by atoms with van der Waals surface area (Å²) in [6, 6.07) is 55.3. The third kappa shape index (κ3) is 4.01. The van der Waals surface area contributed by atoms with Crippen molar-refractivity contribution in [1.82, 2.24) is 24.1 Å². The summed E-state index contributed by atoms with van der Waals surface area (Å²) in [5.41, 5.74) is 10.4. The van der Waals surface area contributed by atoms with Gasteiger partial charge in [-0.1, -0.05) is 103 Å². The molecular formula is C43H27N5. The van der Waals surface area contributed by atoms with Crippen LogP contribution in [-0.2, 0) is 0 Å². The number of hydrogen-bond donors (Lipinski definition) is 0. The third-order valence-electron chi connectivity index (χ3n) is 9.36. The highest BCUT2D eigenvalue weighted by Crippen LogP contribution is 2.40. The van der Waals surface area contributed by atoms with E-state index in [9.17, 15) is 0 Å². The molecule has 0 aliphatic carbocycles. The van der Waals surface area contributed by atoms with Crippen LogP contribution < -0.4 is 0 Å². The van der Waals surface area contributed by atoms with Gasteiger partial charge in [0.05, 0.1) is 33.3 Å². The Morgan fingerprint density at radius 1 is 0.396 bits per heavy atom. The van der Waals surface area contributed by atoms with Crippen LogP contribution in [0.15, 0.2) is 164 Å². The Kier molecular flexibility index (Phi) is 5.81. The van der Waals surface area contributed by atoms with E-state index < -0.39 is 0 Å². The van der Waals surface area contributed by atoms with Crippen molar-refractivity contribution in [3.05, 3.63) is 164 Å². The van der Waals surface area contributed by atoms with Gasteiger partial charge in [0, 0.05) is 50.1 Å². The number of hydrogen-bond acceptors (Lipinski definition) is 3. The third-order valence-corrected chi connectivity index (χ3v) is 9.36. The van der Waals surface area contributed by atoms with Crippen molar-refractivity contribution in [2.75, 3.05) is 0 Å². The summed E-state index contributed by atoms with van der Waals surface area (Å²) < 4.78 is 4.73. The molecule has 0 saturated carbocycles. The smallest absolute Gasteiger partial charge is 0.179 e. The fraction of sp³-hybridized carbons (Fsp3) is 0. The van der Waals surface area contributed by atoms with Gasteiger partial charge in [0.25, 0.3) is 0 Å². The van der Waals surface area contributed by atoms with Crippen molar-refractivity contribution >= 4 is 54.5 Å². The van der Waals surface area contributed by atoms with Gasteiger partial charge in [-0.2, -0.15) is 0 Å². The molecule has 0 aliphatic heterocycles. The van der Waals surface area contributed by atoms with Crippen molar-refractivity contribution in [3.63, 3.8) is 0 Å². The molecule has 0 amide bonds. The Bertz CT molecular complexity index is 2830. The molecular weight excluding hydrogens is 587 g/mol. The van der Waals surface area contributed by atoms with Crippen LogP contribution in [-0.4, -0.2) is 24.1 Å². The van der Waals surface area contributed by atoms with E-state index in [0.717, 1.165) is 50.3 Å². The predicted octanol–water partition coefficient (Wildman–Crippen LogP) is 10.6. The van der Waals surface area contributed by atoms with E-state index in [1.54, 1.807) is 0 Å². The van der Waals surface area contributed by atoms with Gasteiger partial charge in [-0.25, -0.2) is 9.97 Å². The van der Waals surface area contributed by atoms with Gasteiger partial charge in [-0.15, -0.1) is 0 Å². The lowest BCUT2D eigenvalue weighted by atomic mass is 10.1. The minimum absolute atomic E-state index is 0.600. The van der Waals surface area contributed by atoms with Crippen molar-refractivity contribution in [2.45, 2.75) is 0 Å². The van der Waals surface area contributed by atoms with E-state index in [1.807, 2.05) is 42.6 Å². The fourth-order valence-electron chi connectivity index (χ4n) is 7.25.